The number of ketones is 1. The van der Waals surface area contributed by atoms with Crippen molar-refractivity contribution in [2.45, 2.75) is 13.5 Å². The van der Waals surface area contributed by atoms with Gasteiger partial charge in [-0.2, -0.15) is 0 Å². The number of carbonyl (C=O) groups is 1. The van der Waals surface area contributed by atoms with Gasteiger partial charge in [-0.25, -0.2) is 0 Å². The lowest BCUT2D eigenvalue weighted by molar-refractivity contribution is 0.101. The van der Waals surface area contributed by atoms with Crippen LogP contribution in [0.4, 0.5) is 0 Å². The van der Waals surface area contributed by atoms with Crippen molar-refractivity contribution in [3.63, 3.8) is 0 Å². The minimum Gasteiger partial charge on any atom is -0.484 e. The molecule has 6 heteroatoms. The molecule has 0 amide bonds. The number of nitrogens with zero attached hydrogens (tertiary/aromatic N) is 3. The van der Waals surface area contributed by atoms with Crippen molar-refractivity contribution in [1.82, 2.24) is 14.8 Å². The third-order valence-electron chi connectivity index (χ3n) is 3.69. The molecule has 0 atom stereocenters. The fourth-order valence-electron chi connectivity index (χ4n) is 2.30. The van der Waals surface area contributed by atoms with Crippen LogP contribution in [-0.4, -0.2) is 20.5 Å². The zero-order valence-corrected chi connectivity index (χ0v) is 14.1. The van der Waals surface area contributed by atoms with Crippen LogP contribution in [0, 0.1) is 0 Å². The highest BCUT2D eigenvalue weighted by atomic mass is 35.5. The first-order valence-corrected chi connectivity index (χ1v) is 7.81. The van der Waals surface area contributed by atoms with Crippen molar-refractivity contribution in [1.29, 1.82) is 0 Å². The van der Waals surface area contributed by atoms with Gasteiger partial charge < -0.3 is 9.30 Å². The molecule has 0 spiro atoms. The highest BCUT2D eigenvalue weighted by Crippen LogP contribution is 2.26. The maximum absolute atomic E-state index is 11.3. The number of halogens is 1. The van der Waals surface area contributed by atoms with Crippen molar-refractivity contribution < 1.29 is 9.53 Å². The smallest absolute Gasteiger partial charge is 0.171 e. The van der Waals surface area contributed by atoms with Crippen LogP contribution < -0.4 is 4.74 Å². The number of ether oxygens (including phenoxy) is 1. The summed E-state index contributed by atoms with van der Waals surface area (Å²) in [4.78, 5) is 11.3. The molecule has 3 rings (SSSR count). The molecular weight excluding hydrogens is 326 g/mol. The molecule has 3 aromatic rings. The Kier molecular flexibility index (Phi) is 4.62. The molecule has 5 nitrogen and oxygen atoms in total. The minimum absolute atomic E-state index is 0.0377. The first-order valence-electron chi connectivity index (χ1n) is 7.43. The van der Waals surface area contributed by atoms with E-state index in [-0.39, 0.29) is 12.4 Å². The molecule has 2 aromatic carbocycles. The lowest BCUT2D eigenvalue weighted by atomic mass is 10.1. The Morgan fingerprint density at radius 2 is 1.92 bits per heavy atom. The zero-order chi connectivity index (χ0) is 17.1. The zero-order valence-electron chi connectivity index (χ0n) is 13.4. The van der Waals surface area contributed by atoms with Gasteiger partial charge in [0.05, 0.1) is 5.02 Å². The van der Waals surface area contributed by atoms with Crippen LogP contribution in [0.25, 0.3) is 11.4 Å². The summed E-state index contributed by atoms with van der Waals surface area (Å²) < 4.78 is 7.60. The Balaban J connectivity index is 1.76. The maximum atomic E-state index is 11.3. The average molecular weight is 342 g/mol. The van der Waals surface area contributed by atoms with E-state index in [0.29, 0.717) is 22.2 Å². The summed E-state index contributed by atoms with van der Waals surface area (Å²) in [5.74, 6) is 1.92. The molecule has 24 heavy (non-hydrogen) atoms. The second kappa shape index (κ2) is 6.84. The lowest BCUT2D eigenvalue weighted by Gasteiger charge is -2.09. The Labute approximate surface area is 144 Å². The molecule has 0 fully saturated rings. The third-order valence-corrected chi connectivity index (χ3v) is 3.99. The molecule has 1 heterocycles. The van der Waals surface area contributed by atoms with E-state index in [4.69, 9.17) is 16.3 Å². The molecule has 0 N–H and O–H groups in total. The molecule has 122 valence electrons. The topological polar surface area (TPSA) is 57.0 Å². The van der Waals surface area contributed by atoms with Crippen LogP contribution in [0.15, 0.2) is 48.5 Å². The van der Waals surface area contributed by atoms with Crippen LogP contribution >= 0.6 is 11.6 Å². The normalized spacial score (nSPS) is 10.6. The number of aromatic nitrogens is 3. The highest BCUT2D eigenvalue weighted by Gasteiger charge is 2.12. The van der Waals surface area contributed by atoms with Crippen molar-refractivity contribution in [3.05, 3.63) is 64.9 Å². The van der Waals surface area contributed by atoms with Crippen LogP contribution in [0.1, 0.15) is 23.1 Å². The number of benzene rings is 2. The fourth-order valence-corrected chi connectivity index (χ4v) is 2.54. The van der Waals surface area contributed by atoms with Gasteiger partial charge in [0.1, 0.15) is 12.4 Å². The van der Waals surface area contributed by atoms with Gasteiger partial charge in [0, 0.05) is 18.2 Å². The number of rotatable bonds is 5. The van der Waals surface area contributed by atoms with Gasteiger partial charge in [0.25, 0.3) is 0 Å². The summed E-state index contributed by atoms with van der Waals surface area (Å²) in [5.41, 5.74) is 1.54. The quantitative estimate of drug-likeness (QED) is 0.660. The van der Waals surface area contributed by atoms with Crippen molar-refractivity contribution in [3.8, 4) is 17.1 Å². The largest absolute Gasteiger partial charge is 0.484 e. The molecule has 0 unspecified atom stereocenters. The van der Waals surface area contributed by atoms with E-state index in [9.17, 15) is 4.79 Å². The van der Waals surface area contributed by atoms with E-state index in [2.05, 4.69) is 10.2 Å². The molecule has 0 aliphatic carbocycles. The predicted octanol–water partition coefficient (Wildman–Crippen LogP) is 3.92. The Morgan fingerprint density at radius 1 is 1.17 bits per heavy atom. The standard InChI is InChI=1S/C18H16ClN3O2/c1-12(23)14-8-9-16(15(19)10-14)24-11-17-20-21-18(22(17)2)13-6-4-3-5-7-13/h3-10H,11H2,1-2H3. The summed E-state index contributed by atoms with van der Waals surface area (Å²) in [6.07, 6.45) is 0. The number of hydrogen-bond donors (Lipinski definition) is 0. The lowest BCUT2D eigenvalue weighted by Crippen LogP contribution is -2.05. The molecule has 0 saturated heterocycles. The molecular formula is C18H16ClN3O2. The van der Waals surface area contributed by atoms with Crippen molar-refractivity contribution >= 4 is 17.4 Å². The van der Waals surface area contributed by atoms with Crippen LogP contribution in [-0.2, 0) is 13.7 Å². The molecule has 0 radical (unpaired) electrons. The van der Waals surface area contributed by atoms with Gasteiger partial charge in [-0.15, -0.1) is 10.2 Å². The van der Waals surface area contributed by atoms with Gasteiger partial charge in [-0.05, 0) is 25.1 Å². The monoisotopic (exact) mass is 341 g/mol. The summed E-state index contributed by atoms with van der Waals surface area (Å²) in [6.45, 7) is 1.73. The van der Waals surface area contributed by atoms with Gasteiger partial charge in [-0.1, -0.05) is 41.9 Å². The van der Waals surface area contributed by atoms with Gasteiger partial charge in [0.15, 0.2) is 17.4 Å². The van der Waals surface area contributed by atoms with Gasteiger partial charge in [0.2, 0.25) is 0 Å². The average Bonchev–Trinajstić information content (AvgIpc) is 2.95. The summed E-state index contributed by atoms with van der Waals surface area (Å²) >= 11 is 6.16. The Bertz CT molecular complexity index is 875. The molecule has 0 aliphatic heterocycles. The Morgan fingerprint density at radius 3 is 2.58 bits per heavy atom. The van der Waals surface area contributed by atoms with Gasteiger partial charge >= 0.3 is 0 Å². The van der Waals surface area contributed by atoms with Crippen molar-refractivity contribution in [2.24, 2.45) is 7.05 Å². The summed E-state index contributed by atoms with van der Waals surface area (Å²) in [5, 5.41) is 8.78. The van der Waals surface area contributed by atoms with E-state index in [1.54, 1.807) is 18.2 Å². The molecule has 0 aliphatic rings. The SMILES string of the molecule is CC(=O)c1ccc(OCc2nnc(-c3ccccc3)n2C)c(Cl)c1. The summed E-state index contributed by atoms with van der Waals surface area (Å²) in [6, 6.07) is 14.8. The summed E-state index contributed by atoms with van der Waals surface area (Å²) in [7, 11) is 1.89. The fraction of sp³-hybridized carbons (Fsp3) is 0.167. The molecule has 0 saturated carbocycles. The number of carbonyl (C=O) groups excluding carboxylic acids is 1. The van der Waals surface area contributed by atoms with E-state index in [1.165, 1.54) is 6.92 Å². The van der Waals surface area contributed by atoms with Crippen LogP contribution in [0.5, 0.6) is 5.75 Å². The molecule has 1 aromatic heterocycles. The third kappa shape index (κ3) is 3.31. The van der Waals surface area contributed by atoms with E-state index < -0.39 is 0 Å². The van der Waals surface area contributed by atoms with E-state index >= 15 is 0 Å². The minimum atomic E-state index is -0.0377. The number of Topliss-reactive ketones (excluding diaryl/α,β-unsaturated/α-hetero) is 1. The van der Waals surface area contributed by atoms with Crippen LogP contribution in [0.2, 0.25) is 5.02 Å². The predicted molar refractivity (Wildman–Crippen MR) is 92.2 cm³/mol. The first kappa shape index (κ1) is 16.2. The van der Waals surface area contributed by atoms with Crippen LogP contribution in [0.3, 0.4) is 0 Å². The second-order valence-electron chi connectivity index (χ2n) is 5.35. The van der Waals surface area contributed by atoms with Gasteiger partial charge in [-0.3, -0.25) is 4.79 Å². The van der Waals surface area contributed by atoms with E-state index in [0.717, 1.165) is 11.4 Å². The van der Waals surface area contributed by atoms with E-state index in [1.807, 2.05) is 41.9 Å². The Hall–Kier alpha value is -2.66. The van der Waals surface area contributed by atoms with Crippen molar-refractivity contribution in [2.75, 3.05) is 0 Å². The molecule has 0 bridgehead atoms. The number of hydrogen-bond acceptors (Lipinski definition) is 4. The first-order chi connectivity index (χ1) is 11.6. The maximum Gasteiger partial charge on any atom is 0.171 e. The highest BCUT2D eigenvalue weighted by molar-refractivity contribution is 6.32. The second-order valence-corrected chi connectivity index (χ2v) is 5.76.